The van der Waals surface area contributed by atoms with Crippen LogP contribution in [0, 0.1) is 13.8 Å². The Bertz CT molecular complexity index is 592. The fraction of sp³-hybridized carbons (Fsp3) is 0.267. The number of nitrogens with zero attached hydrogens (tertiary/aromatic N) is 2. The Labute approximate surface area is 112 Å². The van der Waals surface area contributed by atoms with Crippen molar-refractivity contribution in [3.8, 4) is 5.75 Å². The molecular weight excluding hydrogens is 240 g/mol. The van der Waals surface area contributed by atoms with Crippen molar-refractivity contribution < 1.29 is 9.53 Å². The maximum atomic E-state index is 12.1. The van der Waals surface area contributed by atoms with E-state index in [0.717, 1.165) is 16.7 Å². The van der Waals surface area contributed by atoms with Gasteiger partial charge in [0.2, 0.25) is 5.78 Å². The summed E-state index contributed by atoms with van der Waals surface area (Å²) in [5.74, 6) is 0.851. The van der Waals surface area contributed by atoms with E-state index in [9.17, 15) is 4.79 Å². The van der Waals surface area contributed by atoms with Gasteiger partial charge in [-0.15, -0.1) is 0 Å². The van der Waals surface area contributed by atoms with Gasteiger partial charge in [0.05, 0.1) is 7.11 Å². The van der Waals surface area contributed by atoms with Crippen LogP contribution in [-0.4, -0.2) is 22.9 Å². The topological polar surface area (TPSA) is 52.1 Å². The molecule has 0 amide bonds. The summed E-state index contributed by atoms with van der Waals surface area (Å²) in [6, 6.07) is 5.77. The summed E-state index contributed by atoms with van der Waals surface area (Å²) in [5, 5.41) is 0. The van der Waals surface area contributed by atoms with E-state index in [1.165, 1.54) is 0 Å². The number of Topliss-reactive ketones (excluding diaryl/α,β-unsaturated/α-hetero) is 1. The molecule has 0 saturated carbocycles. The molecule has 1 aromatic heterocycles. The molecule has 4 heteroatoms. The lowest BCUT2D eigenvalue weighted by atomic mass is 10.0. The summed E-state index contributed by atoms with van der Waals surface area (Å²) in [6.45, 7) is 3.87. The first-order valence-electron chi connectivity index (χ1n) is 6.05. The third-order valence-corrected chi connectivity index (χ3v) is 2.82. The number of methoxy groups -OCH3 is 1. The van der Waals surface area contributed by atoms with E-state index >= 15 is 0 Å². The number of carbonyl (C=O) groups excluding carboxylic acids is 1. The Morgan fingerprint density at radius 3 is 2.47 bits per heavy atom. The molecule has 0 unspecified atom stereocenters. The molecule has 0 aliphatic carbocycles. The number of carbonyl (C=O) groups is 1. The summed E-state index contributed by atoms with van der Waals surface area (Å²) in [7, 11) is 1.60. The minimum atomic E-state index is -0.107. The van der Waals surface area contributed by atoms with E-state index < -0.39 is 0 Å². The first kappa shape index (κ1) is 13.2. The number of ketones is 1. The highest BCUT2D eigenvalue weighted by Gasteiger charge is 2.13. The predicted molar refractivity (Wildman–Crippen MR) is 72.5 cm³/mol. The summed E-state index contributed by atoms with van der Waals surface area (Å²) in [5.41, 5.74) is 2.88. The number of hydrogen-bond acceptors (Lipinski definition) is 4. The molecule has 0 N–H and O–H groups in total. The minimum Gasteiger partial charge on any atom is -0.496 e. The molecule has 0 atom stereocenters. The molecule has 0 radical (unpaired) electrons. The summed E-state index contributed by atoms with van der Waals surface area (Å²) in [6.07, 6.45) is 3.54. The number of aromatic nitrogens is 2. The van der Waals surface area contributed by atoms with Gasteiger partial charge in [-0.1, -0.05) is 17.7 Å². The molecule has 0 aliphatic heterocycles. The van der Waals surface area contributed by atoms with Crippen LogP contribution in [0.5, 0.6) is 5.75 Å². The normalized spacial score (nSPS) is 10.3. The summed E-state index contributed by atoms with van der Waals surface area (Å²) >= 11 is 0. The van der Waals surface area contributed by atoms with Crippen molar-refractivity contribution in [2.75, 3.05) is 7.11 Å². The zero-order valence-corrected chi connectivity index (χ0v) is 11.3. The average molecular weight is 256 g/mol. The molecule has 19 heavy (non-hydrogen) atoms. The molecular formula is C15H16N2O2. The number of aryl methyl sites for hydroxylation is 2. The number of rotatable bonds is 4. The van der Waals surface area contributed by atoms with Crippen molar-refractivity contribution in [1.29, 1.82) is 0 Å². The van der Waals surface area contributed by atoms with Crippen LogP contribution in [0.1, 0.15) is 27.3 Å². The van der Waals surface area contributed by atoms with E-state index in [1.54, 1.807) is 19.5 Å². The van der Waals surface area contributed by atoms with Crippen LogP contribution >= 0.6 is 0 Å². The lowest BCUT2D eigenvalue weighted by Crippen LogP contribution is -2.09. The first-order chi connectivity index (χ1) is 9.10. The molecule has 1 heterocycles. The molecule has 2 rings (SSSR count). The van der Waals surface area contributed by atoms with E-state index in [-0.39, 0.29) is 18.0 Å². The Hall–Kier alpha value is -2.23. The van der Waals surface area contributed by atoms with Crippen LogP contribution in [-0.2, 0) is 6.42 Å². The van der Waals surface area contributed by atoms with Crippen molar-refractivity contribution in [2.45, 2.75) is 20.3 Å². The SMILES string of the molecule is COc1ccc(C)cc1CC(=O)c1ncc(C)cn1. The highest BCUT2D eigenvalue weighted by molar-refractivity contribution is 5.94. The molecule has 0 spiro atoms. The number of benzene rings is 1. The van der Waals surface area contributed by atoms with E-state index in [2.05, 4.69) is 9.97 Å². The molecule has 4 nitrogen and oxygen atoms in total. The van der Waals surface area contributed by atoms with Crippen LogP contribution < -0.4 is 4.74 Å². The van der Waals surface area contributed by atoms with Crippen LogP contribution in [0.15, 0.2) is 30.6 Å². The molecule has 2 aromatic rings. The average Bonchev–Trinajstić information content (AvgIpc) is 2.39. The first-order valence-corrected chi connectivity index (χ1v) is 6.05. The number of ether oxygens (including phenoxy) is 1. The van der Waals surface area contributed by atoms with E-state index in [0.29, 0.717) is 5.75 Å². The highest BCUT2D eigenvalue weighted by atomic mass is 16.5. The molecule has 1 aromatic carbocycles. The lowest BCUT2D eigenvalue weighted by molar-refractivity contribution is 0.0982. The zero-order chi connectivity index (χ0) is 13.8. The molecule has 0 aliphatic rings. The Morgan fingerprint density at radius 2 is 1.84 bits per heavy atom. The van der Waals surface area contributed by atoms with E-state index in [4.69, 9.17) is 4.74 Å². The summed E-state index contributed by atoms with van der Waals surface area (Å²) in [4.78, 5) is 20.2. The second-order valence-electron chi connectivity index (χ2n) is 4.50. The molecule has 0 fully saturated rings. The Kier molecular flexibility index (Phi) is 3.90. The quantitative estimate of drug-likeness (QED) is 0.789. The second kappa shape index (κ2) is 5.61. The predicted octanol–water partition coefficient (Wildman–Crippen LogP) is 2.53. The molecule has 0 saturated heterocycles. The van der Waals surface area contributed by atoms with E-state index in [1.807, 2.05) is 32.0 Å². The highest BCUT2D eigenvalue weighted by Crippen LogP contribution is 2.21. The van der Waals surface area contributed by atoms with Crippen molar-refractivity contribution in [2.24, 2.45) is 0 Å². The third-order valence-electron chi connectivity index (χ3n) is 2.82. The third kappa shape index (κ3) is 3.16. The van der Waals surface area contributed by atoms with Gasteiger partial charge >= 0.3 is 0 Å². The second-order valence-corrected chi connectivity index (χ2v) is 4.50. The van der Waals surface area contributed by atoms with Gasteiger partial charge in [-0.3, -0.25) is 4.79 Å². The van der Waals surface area contributed by atoms with Crippen LogP contribution in [0.3, 0.4) is 0 Å². The Morgan fingerprint density at radius 1 is 1.16 bits per heavy atom. The summed E-state index contributed by atoms with van der Waals surface area (Å²) < 4.78 is 5.26. The van der Waals surface area contributed by atoms with Gasteiger partial charge in [-0.25, -0.2) is 9.97 Å². The van der Waals surface area contributed by atoms with Crippen molar-refractivity contribution in [3.05, 3.63) is 53.1 Å². The van der Waals surface area contributed by atoms with Gasteiger partial charge in [0.15, 0.2) is 5.82 Å². The largest absolute Gasteiger partial charge is 0.496 e. The van der Waals surface area contributed by atoms with Gasteiger partial charge in [0, 0.05) is 24.4 Å². The smallest absolute Gasteiger partial charge is 0.204 e. The maximum absolute atomic E-state index is 12.1. The van der Waals surface area contributed by atoms with Crippen molar-refractivity contribution in [3.63, 3.8) is 0 Å². The molecule has 98 valence electrons. The van der Waals surface area contributed by atoms with Crippen molar-refractivity contribution >= 4 is 5.78 Å². The maximum Gasteiger partial charge on any atom is 0.204 e. The molecule has 0 bridgehead atoms. The van der Waals surface area contributed by atoms with Gasteiger partial charge in [0.1, 0.15) is 5.75 Å². The fourth-order valence-electron chi connectivity index (χ4n) is 1.83. The Balaban J connectivity index is 2.23. The van der Waals surface area contributed by atoms with Crippen LogP contribution in [0.2, 0.25) is 0 Å². The van der Waals surface area contributed by atoms with Gasteiger partial charge in [-0.2, -0.15) is 0 Å². The zero-order valence-electron chi connectivity index (χ0n) is 11.3. The van der Waals surface area contributed by atoms with Crippen LogP contribution in [0.25, 0.3) is 0 Å². The number of hydrogen-bond donors (Lipinski definition) is 0. The van der Waals surface area contributed by atoms with Crippen LogP contribution in [0.4, 0.5) is 0 Å². The standard InChI is InChI=1S/C15H16N2O2/c1-10-4-5-14(19-3)12(6-10)7-13(18)15-16-8-11(2)9-17-15/h4-6,8-9H,7H2,1-3H3. The fourth-order valence-corrected chi connectivity index (χ4v) is 1.83. The lowest BCUT2D eigenvalue weighted by Gasteiger charge is -2.08. The van der Waals surface area contributed by atoms with Gasteiger partial charge in [-0.05, 0) is 25.5 Å². The minimum absolute atomic E-state index is 0.107. The van der Waals surface area contributed by atoms with Gasteiger partial charge < -0.3 is 4.74 Å². The van der Waals surface area contributed by atoms with Crippen molar-refractivity contribution in [1.82, 2.24) is 9.97 Å². The van der Waals surface area contributed by atoms with Gasteiger partial charge in [0.25, 0.3) is 0 Å². The monoisotopic (exact) mass is 256 g/mol.